The Labute approximate surface area is 220 Å². The van der Waals surface area contributed by atoms with E-state index in [4.69, 9.17) is 4.42 Å². The van der Waals surface area contributed by atoms with E-state index in [-0.39, 0.29) is 29.7 Å². The van der Waals surface area contributed by atoms with Crippen LogP contribution in [0.3, 0.4) is 0 Å². The first-order chi connectivity index (χ1) is 18.5. The van der Waals surface area contributed by atoms with Crippen molar-refractivity contribution in [1.82, 2.24) is 9.97 Å². The number of nitrogens with one attached hydrogen (secondary N) is 4. The number of imidazole rings is 1. The first-order valence-corrected chi connectivity index (χ1v) is 12.3. The normalized spacial score (nSPS) is 10.6. The Balaban J connectivity index is 1.40. The van der Waals surface area contributed by atoms with Crippen molar-refractivity contribution in [2.24, 2.45) is 0 Å². The fourth-order valence-corrected chi connectivity index (χ4v) is 3.86. The first kappa shape index (κ1) is 26.2. The first-order valence-electron chi connectivity index (χ1n) is 12.3. The number of unbranched alkanes of at least 4 members (excludes halogenated alkanes) is 1. The highest BCUT2D eigenvalue weighted by Gasteiger charge is 2.19. The van der Waals surface area contributed by atoms with Crippen molar-refractivity contribution in [2.75, 3.05) is 27.9 Å². The third-order valence-electron chi connectivity index (χ3n) is 5.88. The van der Waals surface area contributed by atoms with Gasteiger partial charge in [0.15, 0.2) is 17.4 Å². The molecule has 4 amide bonds. The number of H-pyrrole nitrogens is 1. The SMILES string of the molecule is CCCCc1ccc(NC(=O)Nc2[nH]c(Cc3ccc(C(=O)N(C)c4ccccc4)o3)nc2NC=O)cc1. The molecule has 0 aliphatic carbocycles. The topological polar surface area (TPSA) is 132 Å². The summed E-state index contributed by atoms with van der Waals surface area (Å²) in [7, 11) is 1.67. The van der Waals surface area contributed by atoms with E-state index in [1.54, 1.807) is 19.2 Å². The number of rotatable bonds is 11. The van der Waals surface area contributed by atoms with Crippen LogP contribution in [-0.2, 0) is 17.6 Å². The molecule has 4 aromatic rings. The Bertz CT molecular complexity index is 1380. The molecule has 0 bridgehead atoms. The molecule has 0 saturated heterocycles. The number of amides is 4. The van der Waals surface area contributed by atoms with Gasteiger partial charge in [-0.2, -0.15) is 0 Å². The van der Waals surface area contributed by atoms with E-state index >= 15 is 0 Å². The van der Waals surface area contributed by atoms with Crippen LogP contribution in [0.4, 0.5) is 27.8 Å². The van der Waals surface area contributed by atoms with E-state index in [2.05, 4.69) is 32.8 Å². The fourth-order valence-electron chi connectivity index (χ4n) is 3.86. The van der Waals surface area contributed by atoms with Crippen molar-refractivity contribution in [3.05, 3.63) is 89.6 Å². The number of carbonyl (C=O) groups excluding carboxylic acids is 3. The van der Waals surface area contributed by atoms with E-state index in [9.17, 15) is 14.4 Å². The lowest BCUT2D eigenvalue weighted by atomic mass is 10.1. The van der Waals surface area contributed by atoms with Crippen LogP contribution in [0.2, 0.25) is 0 Å². The summed E-state index contributed by atoms with van der Waals surface area (Å²) in [6, 6.07) is 19.7. The average molecular weight is 515 g/mol. The van der Waals surface area contributed by atoms with E-state index in [0.29, 0.717) is 23.7 Å². The summed E-state index contributed by atoms with van der Waals surface area (Å²) in [6.45, 7) is 2.15. The largest absolute Gasteiger partial charge is 0.455 e. The maximum Gasteiger partial charge on any atom is 0.324 e. The van der Waals surface area contributed by atoms with Crippen molar-refractivity contribution in [2.45, 2.75) is 32.6 Å². The number of aromatic amines is 1. The Morgan fingerprint density at radius 2 is 1.79 bits per heavy atom. The Kier molecular flexibility index (Phi) is 8.55. The van der Waals surface area contributed by atoms with Gasteiger partial charge in [-0.1, -0.05) is 43.7 Å². The third kappa shape index (κ3) is 6.67. The minimum atomic E-state index is -0.495. The zero-order chi connectivity index (χ0) is 26.9. The molecule has 4 rings (SSSR count). The monoisotopic (exact) mass is 514 g/mol. The molecule has 0 unspecified atom stereocenters. The molecule has 0 spiro atoms. The second-order valence-electron chi connectivity index (χ2n) is 8.69. The molecular weight excluding hydrogens is 484 g/mol. The summed E-state index contributed by atoms with van der Waals surface area (Å²) in [5, 5.41) is 7.92. The van der Waals surface area contributed by atoms with Gasteiger partial charge in [0.25, 0.3) is 5.91 Å². The summed E-state index contributed by atoms with van der Waals surface area (Å²) >= 11 is 0. The maximum absolute atomic E-state index is 12.8. The highest BCUT2D eigenvalue weighted by molar-refractivity contribution is 6.04. The van der Waals surface area contributed by atoms with Crippen LogP contribution in [0.5, 0.6) is 0 Å². The maximum atomic E-state index is 12.8. The lowest BCUT2D eigenvalue weighted by Crippen LogP contribution is -2.25. The molecule has 2 aromatic carbocycles. The summed E-state index contributed by atoms with van der Waals surface area (Å²) in [5.74, 6) is 1.18. The van der Waals surface area contributed by atoms with Crippen LogP contribution in [0, 0.1) is 0 Å². The number of carbonyl (C=O) groups is 3. The highest BCUT2D eigenvalue weighted by atomic mass is 16.4. The van der Waals surface area contributed by atoms with Gasteiger partial charge in [-0.25, -0.2) is 9.78 Å². The molecule has 10 heteroatoms. The number of hydrogen-bond donors (Lipinski definition) is 4. The van der Waals surface area contributed by atoms with Crippen LogP contribution in [-0.4, -0.2) is 35.4 Å². The van der Waals surface area contributed by atoms with Gasteiger partial charge in [0.2, 0.25) is 6.41 Å². The summed E-state index contributed by atoms with van der Waals surface area (Å²) in [5.41, 5.74) is 2.59. The van der Waals surface area contributed by atoms with Crippen LogP contribution in [0.25, 0.3) is 0 Å². The van der Waals surface area contributed by atoms with Gasteiger partial charge in [0.05, 0.1) is 6.42 Å². The number of furan rings is 1. The summed E-state index contributed by atoms with van der Waals surface area (Å²) < 4.78 is 5.75. The number of benzene rings is 2. The van der Waals surface area contributed by atoms with Crippen LogP contribution in [0.15, 0.2) is 71.1 Å². The number of para-hydroxylation sites is 1. The minimum Gasteiger partial charge on any atom is -0.455 e. The molecule has 38 heavy (non-hydrogen) atoms. The van der Waals surface area contributed by atoms with Crippen molar-refractivity contribution in [3.8, 4) is 0 Å². The van der Waals surface area contributed by atoms with Crippen LogP contribution >= 0.6 is 0 Å². The van der Waals surface area contributed by atoms with Crippen LogP contribution in [0.1, 0.15) is 47.5 Å². The van der Waals surface area contributed by atoms with Gasteiger partial charge >= 0.3 is 6.03 Å². The zero-order valence-electron chi connectivity index (χ0n) is 21.3. The van der Waals surface area contributed by atoms with E-state index in [1.165, 1.54) is 10.5 Å². The molecule has 2 heterocycles. The third-order valence-corrected chi connectivity index (χ3v) is 5.88. The van der Waals surface area contributed by atoms with E-state index in [0.717, 1.165) is 24.9 Å². The number of anilines is 4. The molecule has 0 aliphatic heterocycles. The predicted molar refractivity (Wildman–Crippen MR) is 147 cm³/mol. The quantitative estimate of drug-likeness (QED) is 0.198. The van der Waals surface area contributed by atoms with Crippen molar-refractivity contribution >= 4 is 41.4 Å². The van der Waals surface area contributed by atoms with Gasteiger partial charge in [0.1, 0.15) is 11.6 Å². The lowest BCUT2D eigenvalue weighted by molar-refractivity contribution is -0.105. The van der Waals surface area contributed by atoms with E-state index in [1.807, 2.05) is 54.6 Å². The molecule has 0 saturated carbocycles. The molecule has 0 aliphatic rings. The van der Waals surface area contributed by atoms with Gasteiger partial charge in [0, 0.05) is 18.4 Å². The molecule has 196 valence electrons. The zero-order valence-corrected chi connectivity index (χ0v) is 21.3. The van der Waals surface area contributed by atoms with Gasteiger partial charge in [-0.15, -0.1) is 0 Å². The fraction of sp³-hybridized carbons (Fsp3) is 0.214. The minimum absolute atomic E-state index is 0.159. The van der Waals surface area contributed by atoms with Crippen molar-refractivity contribution in [1.29, 1.82) is 0 Å². The second kappa shape index (κ2) is 12.4. The lowest BCUT2D eigenvalue weighted by Gasteiger charge is -2.15. The van der Waals surface area contributed by atoms with Crippen LogP contribution < -0.4 is 20.9 Å². The number of nitrogens with zero attached hydrogens (tertiary/aromatic N) is 2. The Morgan fingerprint density at radius 3 is 2.50 bits per heavy atom. The van der Waals surface area contributed by atoms with Gasteiger partial charge in [-0.05, 0) is 54.8 Å². The Morgan fingerprint density at radius 1 is 1.03 bits per heavy atom. The number of aryl methyl sites for hydroxylation is 1. The number of urea groups is 1. The molecular formula is C28H30N6O4. The standard InChI is InChI=1S/C28H30N6O4/c1-3-4-8-19-11-13-20(14-12-19)30-28(37)33-26-25(29-18-35)31-24(32-26)17-22-15-16-23(38-22)27(36)34(2)21-9-6-5-7-10-21/h5-7,9-16,18H,3-4,8,17H2,1-2H3,(H,29,35)(H,31,32)(H2,30,33,37). The Hall–Kier alpha value is -4.86. The highest BCUT2D eigenvalue weighted by Crippen LogP contribution is 2.22. The molecule has 0 atom stereocenters. The van der Waals surface area contributed by atoms with E-state index < -0.39 is 6.03 Å². The number of hydrogen-bond acceptors (Lipinski definition) is 5. The molecule has 2 aromatic heterocycles. The molecule has 0 radical (unpaired) electrons. The molecule has 0 fully saturated rings. The predicted octanol–water partition coefficient (Wildman–Crippen LogP) is 5.43. The summed E-state index contributed by atoms with van der Waals surface area (Å²) in [4.78, 5) is 45.3. The average Bonchev–Trinajstić information content (AvgIpc) is 3.55. The summed E-state index contributed by atoms with van der Waals surface area (Å²) in [6.07, 6.45) is 3.91. The smallest absolute Gasteiger partial charge is 0.324 e. The molecule has 10 nitrogen and oxygen atoms in total. The van der Waals surface area contributed by atoms with Gasteiger partial charge < -0.3 is 24.9 Å². The van der Waals surface area contributed by atoms with Crippen molar-refractivity contribution < 1.29 is 18.8 Å². The molecule has 4 N–H and O–H groups in total. The van der Waals surface area contributed by atoms with Gasteiger partial charge in [-0.3, -0.25) is 14.9 Å². The second-order valence-corrected chi connectivity index (χ2v) is 8.69. The van der Waals surface area contributed by atoms with Crippen molar-refractivity contribution in [3.63, 3.8) is 0 Å². The number of aromatic nitrogens is 2.